The van der Waals surface area contributed by atoms with Gasteiger partial charge in [0.15, 0.2) is 0 Å². The molecule has 2 heterocycles. The fourth-order valence-corrected chi connectivity index (χ4v) is 4.73. The molecule has 0 N–H and O–H groups in total. The van der Waals surface area contributed by atoms with E-state index in [1.165, 1.54) is 11.9 Å². The summed E-state index contributed by atoms with van der Waals surface area (Å²) in [7, 11) is -2.13. The highest BCUT2D eigenvalue weighted by atomic mass is 32.2. The van der Waals surface area contributed by atoms with Gasteiger partial charge in [0, 0.05) is 13.6 Å². The Morgan fingerprint density at radius 3 is 2.64 bits per heavy atom. The predicted octanol–water partition coefficient (Wildman–Crippen LogP) is 0.964. The average Bonchev–Trinajstić information content (AvgIpc) is 3.00. The number of rotatable bonds is 4. The third-order valence-corrected chi connectivity index (χ3v) is 6.54. The highest BCUT2D eigenvalue weighted by molar-refractivity contribution is 7.93. The van der Waals surface area contributed by atoms with Crippen LogP contribution in [0, 0.1) is 0 Å². The number of nitrogens with zero attached hydrogens (tertiary/aromatic N) is 3. The topological polar surface area (TPSA) is 87.7 Å². The van der Waals surface area contributed by atoms with E-state index >= 15 is 0 Å². The molecule has 116 valence electrons. The lowest BCUT2D eigenvalue weighted by molar-refractivity contribution is -0.125. The summed E-state index contributed by atoms with van der Waals surface area (Å²) in [6.07, 6.45) is 0. The molecule has 7 nitrogen and oxygen atoms in total. The second kappa shape index (κ2) is 5.33. The van der Waals surface area contributed by atoms with Crippen LogP contribution >= 0.6 is 11.3 Å². The van der Waals surface area contributed by atoms with Crippen molar-refractivity contribution < 1.29 is 18.0 Å². The summed E-state index contributed by atoms with van der Waals surface area (Å²) in [5, 5.41) is 0. The molecule has 3 rings (SSSR count). The lowest BCUT2D eigenvalue weighted by atomic mass is 10.3. The molecule has 2 aromatic rings. The Hall–Kier alpha value is -2.00. The molecule has 1 aromatic heterocycles. The van der Waals surface area contributed by atoms with E-state index in [4.69, 9.17) is 0 Å². The number of sulfone groups is 1. The number of carbonyl (C=O) groups excluding carboxylic acids is 2. The lowest BCUT2D eigenvalue weighted by Crippen LogP contribution is -2.35. The lowest BCUT2D eigenvalue weighted by Gasteiger charge is -2.13. The van der Waals surface area contributed by atoms with Crippen LogP contribution in [-0.4, -0.2) is 61.0 Å². The minimum absolute atomic E-state index is 0.0139. The molecule has 1 fully saturated rings. The molecule has 0 spiro atoms. The normalized spacial score (nSPS) is 16.0. The van der Waals surface area contributed by atoms with E-state index in [9.17, 15) is 18.0 Å². The maximum absolute atomic E-state index is 12.3. The van der Waals surface area contributed by atoms with Gasteiger partial charge in [-0.25, -0.2) is 18.2 Å². The first-order chi connectivity index (χ1) is 10.4. The molecule has 0 aliphatic carbocycles. The van der Waals surface area contributed by atoms with Crippen LogP contribution in [0.2, 0.25) is 0 Å². The van der Waals surface area contributed by atoms with E-state index in [1.54, 1.807) is 18.2 Å². The highest BCUT2D eigenvalue weighted by Gasteiger charge is 2.34. The summed E-state index contributed by atoms with van der Waals surface area (Å²) in [4.78, 5) is 29.7. The van der Waals surface area contributed by atoms with Crippen LogP contribution in [0.3, 0.4) is 0 Å². The van der Waals surface area contributed by atoms with Crippen molar-refractivity contribution in [2.75, 3.05) is 25.9 Å². The van der Waals surface area contributed by atoms with Gasteiger partial charge in [-0.15, -0.1) is 11.3 Å². The van der Waals surface area contributed by atoms with E-state index in [1.807, 2.05) is 6.07 Å². The molecule has 22 heavy (non-hydrogen) atoms. The van der Waals surface area contributed by atoms with Gasteiger partial charge in [-0.05, 0) is 12.1 Å². The number of fused-ring (bicyclic) bond motifs is 1. The number of para-hydroxylation sites is 1. The zero-order valence-corrected chi connectivity index (χ0v) is 13.4. The fourth-order valence-electron chi connectivity index (χ4n) is 2.17. The molecular weight excluding hydrogens is 326 g/mol. The number of imide groups is 1. The number of amides is 3. The third kappa shape index (κ3) is 2.57. The first kappa shape index (κ1) is 14.9. The van der Waals surface area contributed by atoms with Gasteiger partial charge in [-0.1, -0.05) is 12.1 Å². The second-order valence-electron chi connectivity index (χ2n) is 4.95. The van der Waals surface area contributed by atoms with Gasteiger partial charge in [0.1, 0.15) is 6.54 Å². The first-order valence-electron chi connectivity index (χ1n) is 6.52. The van der Waals surface area contributed by atoms with Crippen LogP contribution in [0.25, 0.3) is 10.2 Å². The molecule has 3 amide bonds. The van der Waals surface area contributed by atoms with Gasteiger partial charge >= 0.3 is 6.03 Å². The van der Waals surface area contributed by atoms with E-state index < -0.39 is 15.9 Å². The monoisotopic (exact) mass is 339 g/mol. The molecule has 0 radical (unpaired) electrons. The molecule has 0 atom stereocenters. The summed E-state index contributed by atoms with van der Waals surface area (Å²) >= 11 is 1.09. The summed E-state index contributed by atoms with van der Waals surface area (Å²) in [5.74, 6) is -0.704. The number of hydrogen-bond acceptors (Lipinski definition) is 6. The molecule has 9 heteroatoms. The standard InChI is InChI=1S/C13H13N3O4S2/c1-15-8-11(17)16(13(15)18)6-7-22(19,20)12-14-9-4-2-3-5-10(9)21-12/h2-5H,6-8H2,1H3. The van der Waals surface area contributed by atoms with Crippen molar-refractivity contribution >= 4 is 43.3 Å². The van der Waals surface area contributed by atoms with Crippen LogP contribution < -0.4 is 0 Å². The van der Waals surface area contributed by atoms with Gasteiger partial charge < -0.3 is 4.90 Å². The smallest absolute Gasteiger partial charge is 0.318 e. The molecule has 1 saturated heterocycles. The zero-order valence-electron chi connectivity index (χ0n) is 11.7. The Balaban J connectivity index is 1.79. The maximum Gasteiger partial charge on any atom is 0.326 e. The van der Waals surface area contributed by atoms with Crippen LogP contribution in [0.5, 0.6) is 0 Å². The molecule has 0 bridgehead atoms. The number of likely N-dealkylation sites (N-methyl/N-ethyl adjacent to an activating group) is 1. The number of benzene rings is 1. The van der Waals surface area contributed by atoms with E-state index in [0.717, 1.165) is 20.9 Å². The SMILES string of the molecule is CN1CC(=O)N(CCS(=O)(=O)c2nc3ccccc3s2)C1=O. The Morgan fingerprint density at radius 1 is 1.27 bits per heavy atom. The van der Waals surface area contributed by atoms with Crippen LogP contribution in [-0.2, 0) is 14.6 Å². The van der Waals surface area contributed by atoms with Crippen LogP contribution in [0.4, 0.5) is 4.79 Å². The van der Waals surface area contributed by atoms with Gasteiger partial charge in [0.05, 0.1) is 16.0 Å². The fraction of sp³-hybridized carbons (Fsp3) is 0.308. The Kier molecular flexibility index (Phi) is 3.61. The Morgan fingerprint density at radius 2 is 2.00 bits per heavy atom. The number of thiazole rings is 1. The molecule has 1 aromatic carbocycles. The second-order valence-corrected chi connectivity index (χ2v) is 8.26. The van der Waals surface area contributed by atoms with Crippen LogP contribution in [0.15, 0.2) is 28.6 Å². The van der Waals surface area contributed by atoms with Crippen LogP contribution in [0.1, 0.15) is 0 Å². The van der Waals surface area contributed by atoms with E-state index in [-0.39, 0.29) is 29.1 Å². The van der Waals surface area contributed by atoms with Gasteiger partial charge in [0.2, 0.25) is 20.1 Å². The number of hydrogen-bond donors (Lipinski definition) is 0. The summed E-state index contributed by atoms with van der Waals surface area (Å²) in [5.41, 5.74) is 0.624. The molecule has 1 aliphatic heterocycles. The van der Waals surface area contributed by atoms with Crippen molar-refractivity contribution in [2.24, 2.45) is 0 Å². The predicted molar refractivity (Wildman–Crippen MR) is 81.4 cm³/mol. The van der Waals surface area contributed by atoms with E-state index in [2.05, 4.69) is 4.98 Å². The molecular formula is C13H13N3O4S2. The number of aromatic nitrogens is 1. The average molecular weight is 339 g/mol. The minimum Gasteiger partial charge on any atom is -0.318 e. The van der Waals surface area contributed by atoms with Crippen molar-refractivity contribution in [1.82, 2.24) is 14.8 Å². The quantitative estimate of drug-likeness (QED) is 0.775. The largest absolute Gasteiger partial charge is 0.326 e. The summed E-state index contributed by atoms with van der Waals surface area (Å²) in [6, 6.07) is 6.68. The number of carbonyl (C=O) groups is 2. The molecule has 1 aliphatic rings. The zero-order chi connectivity index (χ0) is 15.9. The molecule has 0 unspecified atom stereocenters. The third-order valence-electron chi connectivity index (χ3n) is 3.35. The Labute approximate surface area is 131 Å². The number of urea groups is 1. The van der Waals surface area contributed by atoms with Crippen molar-refractivity contribution in [3.8, 4) is 0 Å². The molecule has 0 saturated carbocycles. The van der Waals surface area contributed by atoms with Crippen molar-refractivity contribution in [3.63, 3.8) is 0 Å². The van der Waals surface area contributed by atoms with Gasteiger partial charge in [-0.3, -0.25) is 9.69 Å². The highest BCUT2D eigenvalue weighted by Crippen LogP contribution is 2.26. The maximum atomic E-state index is 12.3. The Bertz CT molecular complexity index is 826. The van der Waals surface area contributed by atoms with Gasteiger partial charge in [-0.2, -0.15) is 0 Å². The summed E-state index contributed by atoms with van der Waals surface area (Å²) in [6.45, 7) is -0.166. The first-order valence-corrected chi connectivity index (χ1v) is 8.99. The summed E-state index contributed by atoms with van der Waals surface area (Å²) < 4.78 is 25.5. The van der Waals surface area contributed by atoms with E-state index in [0.29, 0.717) is 5.52 Å². The van der Waals surface area contributed by atoms with Crippen molar-refractivity contribution in [1.29, 1.82) is 0 Å². The van der Waals surface area contributed by atoms with Crippen molar-refractivity contribution in [2.45, 2.75) is 4.34 Å². The minimum atomic E-state index is -3.63. The van der Waals surface area contributed by atoms with Gasteiger partial charge in [0.25, 0.3) is 0 Å². The van der Waals surface area contributed by atoms with Crippen molar-refractivity contribution in [3.05, 3.63) is 24.3 Å².